The SMILES string of the molecule is CSCCCCNc1ccc([N+](=O)[O-])cc1Cl. The topological polar surface area (TPSA) is 55.2 Å². The lowest BCUT2D eigenvalue weighted by Crippen LogP contribution is -2.02. The zero-order chi connectivity index (χ0) is 12.7. The molecule has 0 saturated carbocycles. The van der Waals surface area contributed by atoms with Crippen molar-refractivity contribution < 1.29 is 4.92 Å². The van der Waals surface area contributed by atoms with Crippen molar-refractivity contribution in [3.05, 3.63) is 33.3 Å². The summed E-state index contributed by atoms with van der Waals surface area (Å²) in [6.45, 7) is 0.831. The van der Waals surface area contributed by atoms with E-state index in [1.807, 2.05) is 11.8 Å². The van der Waals surface area contributed by atoms with Crippen LogP contribution in [0.25, 0.3) is 0 Å². The highest BCUT2D eigenvalue weighted by Gasteiger charge is 2.08. The van der Waals surface area contributed by atoms with Crippen molar-refractivity contribution in [3.8, 4) is 0 Å². The Kier molecular flexibility index (Phi) is 6.15. The number of thioether (sulfide) groups is 1. The van der Waals surface area contributed by atoms with E-state index < -0.39 is 4.92 Å². The Morgan fingerprint density at radius 2 is 2.24 bits per heavy atom. The number of nitro groups is 1. The van der Waals surface area contributed by atoms with E-state index in [0.29, 0.717) is 5.02 Å². The molecule has 0 heterocycles. The average molecular weight is 275 g/mol. The molecule has 1 aromatic carbocycles. The number of non-ortho nitro benzene ring substituents is 1. The third-order valence-electron chi connectivity index (χ3n) is 2.25. The fraction of sp³-hybridized carbons (Fsp3) is 0.455. The molecule has 0 saturated heterocycles. The third-order valence-corrected chi connectivity index (χ3v) is 3.26. The van der Waals surface area contributed by atoms with Crippen molar-refractivity contribution in [2.75, 3.05) is 23.9 Å². The minimum absolute atomic E-state index is 0.0166. The summed E-state index contributed by atoms with van der Waals surface area (Å²) in [5.74, 6) is 1.15. The second-order valence-electron chi connectivity index (χ2n) is 3.55. The quantitative estimate of drug-likeness (QED) is 0.467. The maximum atomic E-state index is 10.5. The predicted molar refractivity (Wildman–Crippen MR) is 74.2 cm³/mol. The molecule has 1 aromatic rings. The third kappa shape index (κ3) is 4.83. The van der Waals surface area contributed by atoms with Crippen molar-refractivity contribution in [1.82, 2.24) is 0 Å². The van der Waals surface area contributed by atoms with Crippen LogP contribution in [0.15, 0.2) is 18.2 Å². The molecule has 0 unspecified atom stereocenters. The minimum atomic E-state index is -0.450. The summed E-state index contributed by atoms with van der Waals surface area (Å²) in [4.78, 5) is 10.1. The second-order valence-corrected chi connectivity index (χ2v) is 4.94. The zero-order valence-electron chi connectivity index (χ0n) is 9.61. The molecule has 17 heavy (non-hydrogen) atoms. The van der Waals surface area contributed by atoms with Crippen molar-refractivity contribution >= 4 is 34.7 Å². The summed E-state index contributed by atoms with van der Waals surface area (Å²) in [5, 5.41) is 14.1. The van der Waals surface area contributed by atoms with E-state index in [-0.39, 0.29) is 5.69 Å². The lowest BCUT2D eigenvalue weighted by molar-refractivity contribution is -0.384. The van der Waals surface area contributed by atoms with E-state index in [0.717, 1.165) is 30.8 Å². The number of nitrogens with zero attached hydrogens (tertiary/aromatic N) is 1. The fourth-order valence-corrected chi connectivity index (χ4v) is 2.09. The number of halogens is 1. The largest absolute Gasteiger partial charge is 0.384 e. The van der Waals surface area contributed by atoms with Gasteiger partial charge in [0.25, 0.3) is 5.69 Å². The number of unbranched alkanes of at least 4 members (excludes halogenated alkanes) is 1. The molecular formula is C11H15ClN2O2S. The predicted octanol–water partition coefficient (Wildman–Crippen LogP) is 3.80. The zero-order valence-corrected chi connectivity index (χ0v) is 11.2. The van der Waals surface area contributed by atoms with Crippen LogP contribution in [0.5, 0.6) is 0 Å². The Hall–Kier alpha value is -0.940. The van der Waals surface area contributed by atoms with Crippen molar-refractivity contribution in [2.24, 2.45) is 0 Å². The number of anilines is 1. The maximum Gasteiger partial charge on any atom is 0.271 e. The van der Waals surface area contributed by atoms with Crippen LogP contribution in [0.1, 0.15) is 12.8 Å². The molecule has 1 rings (SSSR count). The van der Waals surface area contributed by atoms with Crippen molar-refractivity contribution in [1.29, 1.82) is 0 Å². The Balaban J connectivity index is 2.46. The van der Waals surface area contributed by atoms with E-state index in [9.17, 15) is 10.1 Å². The van der Waals surface area contributed by atoms with Gasteiger partial charge in [0.1, 0.15) is 0 Å². The summed E-state index contributed by atoms with van der Waals surface area (Å²) in [6.07, 6.45) is 4.30. The Bertz CT molecular complexity index is 388. The monoisotopic (exact) mass is 274 g/mol. The normalized spacial score (nSPS) is 10.2. The molecule has 0 amide bonds. The first kappa shape index (κ1) is 14.1. The van der Waals surface area contributed by atoms with Gasteiger partial charge in [-0.2, -0.15) is 11.8 Å². The lowest BCUT2D eigenvalue weighted by Gasteiger charge is -2.07. The number of rotatable bonds is 7. The Labute approximate surface area is 110 Å². The summed E-state index contributed by atoms with van der Waals surface area (Å²) in [6, 6.07) is 4.47. The molecule has 94 valence electrons. The highest BCUT2D eigenvalue weighted by molar-refractivity contribution is 7.98. The summed E-state index contributed by atoms with van der Waals surface area (Å²) in [5.41, 5.74) is 0.768. The van der Waals surface area contributed by atoms with Gasteiger partial charge in [0.05, 0.1) is 15.6 Å². The van der Waals surface area contributed by atoms with E-state index >= 15 is 0 Å². The van der Waals surface area contributed by atoms with Crippen LogP contribution in [0.4, 0.5) is 11.4 Å². The van der Waals surface area contributed by atoms with Crippen LogP contribution < -0.4 is 5.32 Å². The van der Waals surface area contributed by atoms with Crippen molar-refractivity contribution in [2.45, 2.75) is 12.8 Å². The van der Waals surface area contributed by atoms with Crippen LogP contribution in [0.3, 0.4) is 0 Å². The van der Waals surface area contributed by atoms with Crippen LogP contribution in [-0.2, 0) is 0 Å². The van der Waals surface area contributed by atoms with E-state index in [1.165, 1.54) is 12.1 Å². The second kappa shape index (κ2) is 7.40. The fourth-order valence-electron chi connectivity index (χ4n) is 1.36. The molecule has 0 aliphatic carbocycles. The first-order valence-corrected chi connectivity index (χ1v) is 7.09. The minimum Gasteiger partial charge on any atom is -0.384 e. The van der Waals surface area contributed by atoms with Gasteiger partial charge in [-0.3, -0.25) is 10.1 Å². The number of benzene rings is 1. The molecule has 6 heteroatoms. The molecule has 0 fully saturated rings. The van der Waals surface area contributed by atoms with Gasteiger partial charge >= 0.3 is 0 Å². The summed E-state index contributed by atoms with van der Waals surface area (Å²) >= 11 is 7.77. The van der Waals surface area contributed by atoms with Gasteiger partial charge in [-0.15, -0.1) is 0 Å². The van der Waals surface area contributed by atoms with E-state index in [1.54, 1.807) is 6.07 Å². The average Bonchev–Trinajstić information content (AvgIpc) is 2.30. The van der Waals surface area contributed by atoms with E-state index in [2.05, 4.69) is 11.6 Å². The molecule has 0 aromatic heterocycles. The van der Waals surface area contributed by atoms with Gasteiger partial charge in [0.2, 0.25) is 0 Å². The Morgan fingerprint density at radius 1 is 1.47 bits per heavy atom. The smallest absolute Gasteiger partial charge is 0.271 e. The molecule has 0 spiro atoms. The highest BCUT2D eigenvalue weighted by Crippen LogP contribution is 2.26. The van der Waals surface area contributed by atoms with Gasteiger partial charge in [-0.1, -0.05) is 11.6 Å². The number of nitro benzene ring substituents is 1. The highest BCUT2D eigenvalue weighted by atomic mass is 35.5. The van der Waals surface area contributed by atoms with Crippen LogP contribution in [0.2, 0.25) is 5.02 Å². The van der Waals surface area contributed by atoms with Crippen molar-refractivity contribution in [3.63, 3.8) is 0 Å². The molecule has 4 nitrogen and oxygen atoms in total. The Morgan fingerprint density at radius 3 is 2.82 bits per heavy atom. The molecule has 1 N–H and O–H groups in total. The number of hydrogen-bond donors (Lipinski definition) is 1. The molecule has 0 radical (unpaired) electrons. The molecule has 0 aliphatic heterocycles. The standard InChI is InChI=1S/C11H15ClN2O2S/c1-17-7-3-2-6-13-11-5-4-9(14(15)16)8-10(11)12/h4-5,8,13H,2-3,6-7H2,1H3. The van der Waals surface area contributed by atoms with Crippen LogP contribution in [0, 0.1) is 10.1 Å². The molecule has 0 bridgehead atoms. The first-order chi connectivity index (χ1) is 8.15. The van der Waals surface area contributed by atoms with Gasteiger partial charge in [0, 0.05) is 18.7 Å². The first-order valence-electron chi connectivity index (χ1n) is 5.32. The molecule has 0 atom stereocenters. The van der Waals surface area contributed by atoms with Gasteiger partial charge in [-0.25, -0.2) is 0 Å². The van der Waals surface area contributed by atoms with Gasteiger partial charge < -0.3 is 5.32 Å². The molecular weight excluding hydrogens is 260 g/mol. The van der Waals surface area contributed by atoms with Crippen LogP contribution in [-0.4, -0.2) is 23.5 Å². The number of hydrogen-bond acceptors (Lipinski definition) is 4. The summed E-state index contributed by atoms with van der Waals surface area (Å²) in [7, 11) is 0. The van der Waals surface area contributed by atoms with E-state index in [4.69, 9.17) is 11.6 Å². The van der Waals surface area contributed by atoms with Crippen LogP contribution >= 0.6 is 23.4 Å². The van der Waals surface area contributed by atoms with Gasteiger partial charge in [0.15, 0.2) is 0 Å². The number of nitrogens with one attached hydrogen (secondary N) is 1. The maximum absolute atomic E-state index is 10.5. The van der Waals surface area contributed by atoms with Gasteiger partial charge in [-0.05, 0) is 30.9 Å². The summed E-state index contributed by atoms with van der Waals surface area (Å²) < 4.78 is 0. The molecule has 0 aliphatic rings. The lowest BCUT2D eigenvalue weighted by atomic mass is 10.2.